The van der Waals surface area contributed by atoms with Gasteiger partial charge in [0.25, 0.3) is 0 Å². The van der Waals surface area contributed by atoms with Crippen molar-refractivity contribution in [3.8, 4) is 6.07 Å². The molecule has 0 radical (unpaired) electrons. The van der Waals surface area contributed by atoms with E-state index >= 15 is 0 Å². The Balaban J connectivity index is 2.87. The molecule has 0 amide bonds. The number of aromatic nitrogens is 2. The molecule has 5 heteroatoms. The molecule has 0 aromatic carbocycles. The summed E-state index contributed by atoms with van der Waals surface area (Å²) in [5, 5.41) is 12.4. The largest absolute Gasteiger partial charge is 0.377 e. The molecule has 0 saturated heterocycles. The fraction of sp³-hybridized carbons (Fsp3) is 0.625. The lowest BCUT2D eigenvalue weighted by Crippen LogP contribution is -2.14. The Labute approximate surface area is 76.3 Å². The van der Waals surface area contributed by atoms with Gasteiger partial charge < -0.3 is 9.26 Å². The standard InChI is InChI=1S/C8H11N3O2/c1-8(2,5-9)7-10-6(4-12-3)11-13-7/h4H2,1-3H3. The minimum absolute atomic E-state index is 0.297. The van der Waals surface area contributed by atoms with E-state index in [1.165, 1.54) is 0 Å². The lowest BCUT2D eigenvalue weighted by atomic mass is 9.96. The minimum Gasteiger partial charge on any atom is -0.377 e. The van der Waals surface area contributed by atoms with Crippen molar-refractivity contribution in [1.82, 2.24) is 10.1 Å². The Morgan fingerprint density at radius 3 is 2.85 bits per heavy atom. The van der Waals surface area contributed by atoms with Crippen LogP contribution in [0.2, 0.25) is 0 Å². The molecule has 1 aromatic rings. The molecule has 1 rings (SSSR count). The fourth-order valence-electron chi connectivity index (χ4n) is 0.743. The van der Waals surface area contributed by atoms with Crippen LogP contribution in [0.4, 0.5) is 0 Å². The van der Waals surface area contributed by atoms with E-state index in [9.17, 15) is 0 Å². The number of nitriles is 1. The molecule has 0 N–H and O–H groups in total. The summed E-state index contributed by atoms with van der Waals surface area (Å²) >= 11 is 0. The van der Waals surface area contributed by atoms with Crippen LogP contribution in [-0.2, 0) is 16.8 Å². The van der Waals surface area contributed by atoms with E-state index in [1.807, 2.05) is 0 Å². The summed E-state index contributed by atoms with van der Waals surface area (Å²) in [6.07, 6.45) is 0. The number of hydrogen-bond acceptors (Lipinski definition) is 5. The number of nitrogens with zero attached hydrogens (tertiary/aromatic N) is 3. The summed E-state index contributed by atoms with van der Waals surface area (Å²) in [5.41, 5.74) is -0.737. The predicted molar refractivity (Wildman–Crippen MR) is 43.7 cm³/mol. The Morgan fingerprint density at radius 1 is 1.62 bits per heavy atom. The van der Waals surface area contributed by atoms with E-state index < -0.39 is 5.41 Å². The lowest BCUT2D eigenvalue weighted by Gasteiger charge is -2.06. The zero-order valence-electron chi connectivity index (χ0n) is 7.87. The maximum atomic E-state index is 8.78. The highest BCUT2D eigenvalue weighted by molar-refractivity contribution is 5.13. The van der Waals surface area contributed by atoms with Gasteiger partial charge in [-0.1, -0.05) is 5.16 Å². The highest BCUT2D eigenvalue weighted by Crippen LogP contribution is 2.19. The molecule has 0 aliphatic carbocycles. The highest BCUT2D eigenvalue weighted by Gasteiger charge is 2.27. The van der Waals surface area contributed by atoms with Gasteiger partial charge in [0, 0.05) is 7.11 Å². The van der Waals surface area contributed by atoms with Gasteiger partial charge in [0.15, 0.2) is 5.82 Å². The molecule has 1 heterocycles. The van der Waals surface area contributed by atoms with Crippen molar-refractivity contribution in [2.24, 2.45) is 0 Å². The SMILES string of the molecule is COCc1noc(C(C)(C)C#N)n1. The lowest BCUT2D eigenvalue weighted by molar-refractivity contribution is 0.174. The average molecular weight is 181 g/mol. The van der Waals surface area contributed by atoms with Crippen molar-refractivity contribution in [2.45, 2.75) is 25.9 Å². The van der Waals surface area contributed by atoms with E-state index in [4.69, 9.17) is 14.5 Å². The van der Waals surface area contributed by atoms with Gasteiger partial charge in [-0.25, -0.2) is 0 Å². The van der Waals surface area contributed by atoms with Crippen LogP contribution in [0.3, 0.4) is 0 Å². The topological polar surface area (TPSA) is 71.9 Å². The van der Waals surface area contributed by atoms with Crippen LogP contribution in [0.25, 0.3) is 0 Å². The Bertz CT molecular complexity index is 324. The van der Waals surface area contributed by atoms with Gasteiger partial charge in [-0.2, -0.15) is 10.2 Å². The Morgan fingerprint density at radius 2 is 2.31 bits per heavy atom. The molecule has 0 spiro atoms. The number of rotatable bonds is 3. The van der Waals surface area contributed by atoms with Crippen molar-refractivity contribution in [1.29, 1.82) is 5.26 Å². The van der Waals surface area contributed by atoms with Crippen LogP contribution in [0.5, 0.6) is 0 Å². The van der Waals surface area contributed by atoms with Crippen molar-refractivity contribution < 1.29 is 9.26 Å². The van der Waals surface area contributed by atoms with Crippen molar-refractivity contribution in [2.75, 3.05) is 7.11 Å². The second kappa shape index (κ2) is 3.54. The number of ether oxygens (including phenoxy) is 1. The quantitative estimate of drug-likeness (QED) is 0.696. The van der Waals surface area contributed by atoms with Crippen LogP contribution in [0.15, 0.2) is 4.52 Å². The van der Waals surface area contributed by atoms with Gasteiger partial charge in [0.05, 0.1) is 6.07 Å². The maximum absolute atomic E-state index is 8.78. The first kappa shape index (κ1) is 9.68. The second-order valence-corrected chi connectivity index (χ2v) is 3.19. The second-order valence-electron chi connectivity index (χ2n) is 3.19. The van der Waals surface area contributed by atoms with Gasteiger partial charge in [-0.15, -0.1) is 0 Å². The molecule has 0 unspecified atom stereocenters. The molecule has 0 atom stereocenters. The number of methoxy groups -OCH3 is 1. The van der Waals surface area contributed by atoms with Gasteiger partial charge in [0.1, 0.15) is 12.0 Å². The van der Waals surface area contributed by atoms with Crippen LogP contribution in [-0.4, -0.2) is 17.3 Å². The highest BCUT2D eigenvalue weighted by atomic mass is 16.5. The van der Waals surface area contributed by atoms with Crippen LogP contribution < -0.4 is 0 Å². The Kier molecular flexibility index (Phi) is 2.63. The first-order valence-electron chi connectivity index (χ1n) is 3.83. The minimum atomic E-state index is -0.737. The third-order valence-corrected chi connectivity index (χ3v) is 1.56. The van der Waals surface area contributed by atoms with Crippen LogP contribution in [0.1, 0.15) is 25.6 Å². The maximum Gasteiger partial charge on any atom is 0.246 e. The monoisotopic (exact) mass is 181 g/mol. The fourth-order valence-corrected chi connectivity index (χ4v) is 0.743. The van der Waals surface area contributed by atoms with Crippen molar-refractivity contribution in [3.63, 3.8) is 0 Å². The van der Waals surface area contributed by atoms with E-state index in [1.54, 1.807) is 21.0 Å². The first-order chi connectivity index (χ1) is 6.10. The number of hydrogen-bond donors (Lipinski definition) is 0. The molecule has 70 valence electrons. The first-order valence-corrected chi connectivity index (χ1v) is 3.83. The third kappa shape index (κ3) is 2.04. The summed E-state index contributed by atoms with van der Waals surface area (Å²) < 4.78 is 9.73. The molecule has 0 aliphatic rings. The van der Waals surface area contributed by atoms with Gasteiger partial charge in [-0.05, 0) is 13.8 Å². The van der Waals surface area contributed by atoms with Gasteiger partial charge in [-0.3, -0.25) is 0 Å². The molecular weight excluding hydrogens is 170 g/mol. The summed E-state index contributed by atoms with van der Waals surface area (Å²) in [6.45, 7) is 3.74. The van der Waals surface area contributed by atoms with Gasteiger partial charge in [0.2, 0.25) is 5.89 Å². The van der Waals surface area contributed by atoms with Crippen LogP contribution >= 0.6 is 0 Å². The van der Waals surface area contributed by atoms with Gasteiger partial charge >= 0.3 is 0 Å². The molecule has 0 fully saturated rings. The van der Waals surface area contributed by atoms with E-state index in [-0.39, 0.29) is 0 Å². The smallest absolute Gasteiger partial charge is 0.246 e. The summed E-state index contributed by atoms with van der Waals surface area (Å²) in [6, 6.07) is 2.08. The predicted octanol–water partition coefficient (Wildman–Crippen LogP) is 1.02. The summed E-state index contributed by atoms with van der Waals surface area (Å²) in [4.78, 5) is 4.02. The van der Waals surface area contributed by atoms with Crippen LogP contribution in [0, 0.1) is 11.3 Å². The normalized spacial score (nSPS) is 11.2. The van der Waals surface area contributed by atoms with Crippen molar-refractivity contribution >= 4 is 0 Å². The third-order valence-electron chi connectivity index (χ3n) is 1.56. The zero-order chi connectivity index (χ0) is 9.90. The van der Waals surface area contributed by atoms with E-state index in [0.717, 1.165) is 0 Å². The summed E-state index contributed by atoms with van der Waals surface area (Å²) in [5.74, 6) is 0.780. The summed E-state index contributed by atoms with van der Waals surface area (Å²) in [7, 11) is 1.55. The van der Waals surface area contributed by atoms with E-state index in [2.05, 4.69) is 16.2 Å². The molecule has 0 aliphatic heterocycles. The Hall–Kier alpha value is -1.41. The molecule has 13 heavy (non-hydrogen) atoms. The van der Waals surface area contributed by atoms with E-state index in [0.29, 0.717) is 18.3 Å². The molecule has 1 aromatic heterocycles. The average Bonchev–Trinajstić information content (AvgIpc) is 2.54. The van der Waals surface area contributed by atoms with Crippen molar-refractivity contribution in [3.05, 3.63) is 11.7 Å². The molecular formula is C8H11N3O2. The molecule has 0 bridgehead atoms. The zero-order valence-corrected chi connectivity index (χ0v) is 7.87. The molecule has 0 saturated carbocycles. The molecule has 5 nitrogen and oxygen atoms in total.